The van der Waals surface area contributed by atoms with Crippen molar-refractivity contribution < 1.29 is 4.79 Å². The number of hydrogen-bond acceptors (Lipinski definition) is 3. The van der Waals surface area contributed by atoms with Gasteiger partial charge in [-0.3, -0.25) is 14.2 Å². The van der Waals surface area contributed by atoms with Gasteiger partial charge in [-0.25, -0.2) is 0 Å². The third-order valence-electron chi connectivity index (χ3n) is 4.40. The van der Waals surface area contributed by atoms with E-state index in [1.807, 2.05) is 37.6 Å². The zero-order valence-corrected chi connectivity index (χ0v) is 15.1. The van der Waals surface area contributed by atoms with Gasteiger partial charge in [0.1, 0.15) is 0 Å². The minimum Gasteiger partial charge on any atom is -0.317 e. The van der Waals surface area contributed by atoms with Crippen LogP contribution in [0, 0.1) is 20.8 Å². The molecular formula is C19H23N5O. The number of nitrogens with one attached hydrogen (secondary N) is 1. The van der Waals surface area contributed by atoms with Gasteiger partial charge >= 0.3 is 0 Å². The Hall–Kier alpha value is -2.89. The average molecular weight is 337 g/mol. The largest absolute Gasteiger partial charge is 0.317 e. The van der Waals surface area contributed by atoms with Crippen LogP contribution >= 0.6 is 0 Å². The second-order valence-corrected chi connectivity index (χ2v) is 6.14. The first-order chi connectivity index (χ1) is 12.0. The third kappa shape index (κ3) is 3.47. The molecule has 0 saturated heterocycles. The fraction of sp³-hybridized carbons (Fsp3) is 0.316. The summed E-state index contributed by atoms with van der Waals surface area (Å²) in [5.74, 6) is -0.214. The summed E-state index contributed by atoms with van der Waals surface area (Å²) in [4.78, 5) is 12.4. The Labute approximate surface area is 147 Å². The Bertz CT molecular complexity index is 906. The molecule has 0 bridgehead atoms. The predicted molar refractivity (Wildman–Crippen MR) is 97.8 cm³/mol. The fourth-order valence-corrected chi connectivity index (χ4v) is 2.82. The lowest BCUT2D eigenvalue weighted by molar-refractivity contribution is 0.102. The van der Waals surface area contributed by atoms with E-state index in [4.69, 9.17) is 0 Å². The number of aryl methyl sites for hydroxylation is 3. The second-order valence-electron chi connectivity index (χ2n) is 6.14. The summed E-state index contributed by atoms with van der Waals surface area (Å²) in [6.07, 6.45) is 1.80. The van der Waals surface area contributed by atoms with Crippen LogP contribution < -0.4 is 5.32 Å². The van der Waals surface area contributed by atoms with Crippen molar-refractivity contribution >= 4 is 11.6 Å². The van der Waals surface area contributed by atoms with Crippen molar-refractivity contribution in [2.24, 2.45) is 0 Å². The van der Waals surface area contributed by atoms with Gasteiger partial charge in [0.25, 0.3) is 5.91 Å². The van der Waals surface area contributed by atoms with Gasteiger partial charge in [-0.15, -0.1) is 0 Å². The van der Waals surface area contributed by atoms with E-state index in [2.05, 4.69) is 34.6 Å². The molecule has 0 radical (unpaired) electrons. The zero-order chi connectivity index (χ0) is 18.0. The lowest BCUT2D eigenvalue weighted by Crippen LogP contribution is -2.14. The Balaban J connectivity index is 1.82. The van der Waals surface area contributed by atoms with Crippen molar-refractivity contribution in [1.82, 2.24) is 19.6 Å². The first-order valence-electron chi connectivity index (χ1n) is 8.43. The lowest BCUT2D eigenvalue weighted by atomic mass is 10.1. The van der Waals surface area contributed by atoms with Crippen molar-refractivity contribution in [2.45, 2.75) is 40.8 Å². The first kappa shape index (κ1) is 17.0. The molecule has 130 valence electrons. The zero-order valence-electron chi connectivity index (χ0n) is 15.1. The van der Waals surface area contributed by atoms with E-state index in [0.717, 1.165) is 23.6 Å². The van der Waals surface area contributed by atoms with Crippen molar-refractivity contribution in [1.29, 1.82) is 0 Å². The molecule has 0 unspecified atom stereocenters. The smallest absolute Gasteiger partial charge is 0.276 e. The predicted octanol–water partition coefficient (Wildman–Crippen LogP) is 3.33. The molecule has 3 aromatic rings. The highest BCUT2D eigenvalue weighted by Gasteiger charge is 2.17. The minimum absolute atomic E-state index is 0.214. The lowest BCUT2D eigenvalue weighted by Gasteiger charge is -2.08. The maximum absolute atomic E-state index is 12.4. The van der Waals surface area contributed by atoms with Crippen LogP contribution in [-0.2, 0) is 13.1 Å². The summed E-state index contributed by atoms with van der Waals surface area (Å²) in [7, 11) is 0. The number of carbonyl (C=O) groups excluding carboxylic acids is 1. The SMILES string of the molecule is CCn1ccc(C(=O)Nc2c(C)nn(Cc3ccccc3C)c2C)n1. The Kier molecular flexibility index (Phi) is 4.70. The van der Waals surface area contributed by atoms with Crippen molar-refractivity contribution in [3.8, 4) is 0 Å². The molecule has 0 spiro atoms. The molecule has 1 N–H and O–H groups in total. The molecule has 25 heavy (non-hydrogen) atoms. The molecule has 0 atom stereocenters. The molecular weight excluding hydrogens is 314 g/mol. The number of amides is 1. The summed E-state index contributed by atoms with van der Waals surface area (Å²) in [5, 5.41) is 11.8. The number of carbonyl (C=O) groups is 1. The number of aromatic nitrogens is 4. The van der Waals surface area contributed by atoms with E-state index in [-0.39, 0.29) is 5.91 Å². The Morgan fingerprint density at radius 2 is 1.88 bits per heavy atom. The van der Waals surface area contributed by atoms with Gasteiger partial charge in [0.2, 0.25) is 0 Å². The second kappa shape index (κ2) is 6.93. The van der Waals surface area contributed by atoms with Crippen molar-refractivity contribution in [3.63, 3.8) is 0 Å². The molecule has 0 saturated carbocycles. The van der Waals surface area contributed by atoms with Crippen molar-refractivity contribution in [3.05, 3.63) is 64.7 Å². The monoisotopic (exact) mass is 337 g/mol. The van der Waals surface area contributed by atoms with Crippen LogP contribution in [0.3, 0.4) is 0 Å². The molecule has 2 heterocycles. The Morgan fingerprint density at radius 3 is 2.56 bits per heavy atom. The summed E-state index contributed by atoms with van der Waals surface area (Å²) >= 11 is 0. The fourth-order valence-electron chi connectivity index (χ4n) is 2.82. The van der Waals surface area contributed by atoms with Gasteiger partial charge in [-0.1, -0.05) is 24.3 Å². The quantitative estimate of drug-likeness (QED) is 0.777. The van der Waals surface area contributed by atoms with E-state index in [0.29, 0.717) is 12.2 Å². The highest BCUT2D eigenvalue weighted by Crippen LogP contribution is 2.21. The maximum Gasteiger partial charge on any atom is 0.276 e. The molecule has 1 amide bonds. The highest BCUT2D eigenvalue weighted by molar-refractivity contribution is 6.03. The first-order valence-corrected chi connectivity index (χ1v) is 8.43. The van der Waals surface area contributed by atoms with Gasteiger partial charge in [-0.2, -0.15) is 10.2 Å². The molecule has 6 nitrogen and oxygen atoms in total. The van der Waals surface area contributed by atoms with Crippen LogP contribution in [0.4, 0.5) is 5.69 Å². The molecule has 0 fully saturated rings. The van der Waals surface area contributed by atoms with E-state index in [1.54, 1.807) is 16.9 Å². The molecule has 2 aromatic heterocycles. The van der Waals surface area contributed by atoms with Crippen LogP contribution in [0.15, 0.2) is 36.5 Å². The van der Waals surface area contributed by atoms with Crippen LogP contribution in [0.1, 0.15) is 39.9 Å². The van der Waals surface area contributed by atoms with E-state index >= 15 is 0 Å². The molecule has 0 aliphatic carbocycles. The molecule has 6 heteroatoms. The number of benzene rings is 1. The standard InChI is InChI=1S/C19H23N5O/c1-5-23-11-10-17(22-23)19(25)20-18-14(3)21-24(15(18)4)12-16-9-7-6-8-13(16)2/h6-11H,5,12H2,1-4H3,(H,20,25). The maximum atomic E-state index is 12.4. The molecule has 0 aliphatic rings. The van der Waals surface area contributed by atoms with E-state index in [1.165, 1.54) is 11.1 Å². The van der Waals surface area contributed by atoms with Crippen LogP contribution in [0.5, 0.6) is 0 Å². The van der Waals surface area contributed by atoms with Gasteiger partial charge in [-0.05, 0) is 44.9 Å². The van der Waals surface area contributed by atoms with E-state index in [9.17, 15) is 4.79 Å². The van der Waals surface area contributed by atoms with Gasteiger partial charge < -0.3 is 5.32 Å². The van der Waals surface area contributed by atoms with Crippen LogP contribution in [-0.4, -0.2) is 25.5 Å². The van der Waals surface area contributed by atoms with Crippen LogP contribution in [0.25, 0.3) is 0 Å². The highest BCUT2D eigenvalue weighted by atomic mass is 16.2. The molecule has 0 aliphatic heterocycles. The summed E-state index contributed by atoms with van der Waals surface area (Å²) in [5.41, 5.74) is 5.34. The minimum atomic E-state index is -0.214. The molecule has 3 rings (SSSR count). The average Bonchev–Trinajstić information content (AvgIpc) is 3.18. The summed E-state index contributed by atoms with van der Waals surface area (Å²) < 4.78 is 3.66. The van der Waals surface area contributed by atoms with Gasteiger partial charge in [0, 0.05) is 12.7 Å². The Morgan fingerprint density at radius 1 is 1.12 bits per heavy atom. The van der Waals surface area contributed by atoms with E-state index < -0.39 is 0 Å². The number of anilines is 1. The van der Waals surface area contributed by atoms with Gasteiger partial charge in [0.05, 0.1) is 23.6 Å². The third-order valence-corrected chi connectivity index (χ3v) is 4.40. The van der Waals surface area contributed by atoms with Gasteiger partial charge in [0.15, 0.2) is 5.69 Å². The summed E-state index contributed by atoms with van der Waals surface area (Å²) in [6, 6.07) is 9.97. The number of hydrogen-bond donors (Lipinski definition) is 1. The summed E-state index contributed by atoms with van der Waals surface area (Å²) in [6.45, 7) is 9.37. The topological polar surface area (TPSA) is 64.7 Å². The van der Waals surface area contributed by atoms with Crippen molar-refractivity contribution in [2.75, 3.05) is 5.32 Å². The molecule has 1 aromatic carbocycles. The number of nitrogens with zero attached hydrogens (tertiary/aromatic N) is 4. The normalized spacial score (nSPS) is 10.9. The number of rotatable bonds is 5. The van der Waals surface area contributed by atoms with Crippen LogP contribution in [0.2, 0.25) is 0 Å².